The zero-order chi connectivity index (χ0) is 22.5. The van der Waals surface area contributed by atoms with Crippen LogP contribution in [0.25, 0.3) is 6.08 Å². The zero-order valence-corrected chi connectivity index (χ0v) is 18.0. The van der Waals surface area contributed by atoms with Crippen LogP contribution in [0.5, 0.6) is 28.7 Å². The Balaban J connectivity index is 1.81. The highest BCUT2D eigenvalue weighted by molar-refractivity contribution is 6.14. The summed E-state index contributed by atoms with van der Waals surface area (Å²) in [6, 6.07) is 8.18. The minimum absolute atomic E-state index is 0.139. The fourth-order valence-electron chi connectivity index (χ4n) is 3.03. The molecule has 8 heteroatoms. The highest BCUT2D eigenvalue weighted by Gasteiger charge is 2.28. The molecule has 0 N–H and O–H groups in total. The summed E-state index contributed by atoms with van der Waals surface area (Å²) in [5.41, 5.74) is 1.04. The Kier molecular flexibility index (Phi) is 6.69. The molecule has 1 aliphatic rings. The van der Waals surface area contributed by atoms with Crippen LogP contribution >= 0.6 is 0 Å². The molecule has 0 aromatic heterocycles. The Bertz CT molecular complexity index is 997. The summed E-state index contributed by atoms with van der Waals surface area (Å²) in [5.74, 6) is 1.50. The lowest BCUT2D eigenvalue weighted by Gasteiger charge is -2.13. The third-order valence-electron chi connectivity index (χ3n) is 4.35. The second-order valence-corrected chi connectivity index (χ2v) is 6.88. The molecule has 0 amide bonds. The lowest BCUT2D eigenvalue weighted by molar-refractivity contribution is -0.149. The average molecular weight is 428 g/mol. The van der Waals surface area contributed by atoms with Gasteiger partial charge in [-0.05, 0) is 49.8 Å². The fraction of sp³-hybridized carbons (Fsp3) is 0.304. The first-order valence-electron chi connectivity index (χ1n) is 9.56. The van der Waals surface area contributed by atoms with Gasteiger partial charge in [-0.15, -0.1) is 0 Å². The normalized spacial score (nSPS) is 13.6. The van der Waals surface area contributed by atoms with E-state index < -0.39 is 5.97 Å². The highest BCUT2D eigenvalue weighted by atomic mass is 16.6. The Morgan fingerprint density at radius 1 is 1.03 bits per heavy atom. The molecule has 2 aromatic rings. The zero-order valence-electron chi connectivity index (χ0n) is 18.0. The third-order valence-corrected chi connectivity index (χ3v) is 4.35. The standard InChI is InChI=1S/C23H24O8/c1-13(2)30-21(24)12-29-15-6-7-16-17(11-15)31-18(22(16)25)8-14-9-19(26-3)23(28-5)20(10-14)27-4/h6-11,13H,12H2,1-5H3. The van der Waals surface area contributed by atoms with Crippen molar-refractivity contribution in [2.45, 2.75) is 20.0 Å². The molecule has 0 aliphatic carbocycles. The van der Waals surface area contributed by atoms with Crippen molar-refractivity contribution in [2.75, 3.05) is 27.9 Å². The molecule has 0 saturated carbocycles. The van der Waals surface area contributed by atoms with Gasteiger partial charge in [-0.3, -0.25) is 4.79 Å². The molecule has 0 saturated heterocycles. The summed E-state index contributed by atoms with van der Waals surface area (Å²) >= 11 is 0. The monoisotopic (exact) mass is 428 g/mol. The van der Waals surface area contributed by atoms with Crippen LogP contribution in [0, 0.1) is 0 Å². The van der Waals surface area contributed by atoms with Gasteiger partial charge < -0.3 is 28.4 Å². The number of carbonyl (C=O) groups excluding carboxylic acids is 2. The van der Waals surface area contributed by atoms with Crippen molar-refractivity contribution < 1.29 is 38.0 Å². The van der Waals surface area contributed by atoms with Crippen LogP contribution < -0.4 is 23.7 Å². The quantitative estimate of drug-likeness (QED) is 0.465. The number of ketones is 1. The van der Waals surface area contributed by atoms with Crippen LogP contribution in [-0.4, -0.2) is 45.8 Å². The van der Waals surface area contributed by atoms with Gasteiger partial charge in [0, 0.05) is 6.07 Å². The maximum absolute atomic E-state index is 12.7. The van der Waals surface area contributed by atoms with Gasteiger partial charge in [0.25, 0.3) is 0 Å². The Morgan fingerprint density at radius 2 is 1.71 bits per heavy atom. The molecule has 0 fully saturated rings. The van der Waals surface area contributed by atoms with Crippen LogP contribution in [0.3, 0.4) is 0 Å². The van der Waals surface area contributed by atoms with E-state index in [4.69, 9.17) is 28.4 Å². The molecule has 8 nitrogen and oxygen atoms in total. The van der Waals surface area contributed by atoms with Crippen molar-refractivity contribution in [3.05, 3.63) is 47.2 Å². The van der Waals surface area contributed by atoms with Gasteiger partial charge in [-0.1, -0.05) is 0 Å². The molecule has 1 aliphatic heterocycles. The number of Topliss-reactive ketones (excluding diaryl/α,β-unsaturated/α-hetero) is 1. The molecule has 164 valence electrons. The topological polar surface area (TPSA) is 89.5 Å². The number of ether oxygens (including phenoxy) is 6. The van der Waals surface area contributed by atoms with Gasteiger partial charge in [0.1, 0.15) is 11.5 Å². The lowest BCUT2D eigenvalue weighted by atomic mass is 10.1. The molecule has 31 heavy (non-hydrogen) atoms. The van der Waals surface area contributed by atoms with E-state index in [-0.39, 0.29) is 24.3 Å². The Labute approximate surface area is 180 Å². The van der Waals surface area contributed by atoms with Gasteiger partial charge in [0.05, 0.1) is 33.0 Å². The van der Waals surface area contributed by atoms with E-state index in [1.807, 2.05) is 0 Å². The maximum atomic E-state index is 12.7. The van der Waals surface area contributed by atoms with E-state index in [0.717, 1.165) is 0 Å². The predicted octanol–water partition coefficient (Wildman–Crippen LogP) is 3.66. The minimum Gasteiger partial charge on any atom is -0.493 e. The first-order chi connectivity index (χ1) is 14.9. The number of esters is 1. The largest absolute Gasteiger partial charge is 0.493 e. The first kappa shape index (κ1) is 22.0. The second-order valence-electron chi connectivity index (χ2n) is 6.88. The molecular formula is C23H24O8. The van der Waals surface area contributed by atoms with Gasteiger partial charge in [-0.25, -0.2) is 4.79 Å². The van der Waals surface area contributed by atoms with Crippen LogP contribution in [0.1, 0.15) is 29.8 Å². The number of carbonyl (C=O) groups is 2. The number of fused-ring (bicyclic) bond motifs is 1. The Morgan fingerprint density at radius 3 is 2.29 bits per heavy atom. The van der Waals surface area contributed by atoms with Gasteiger partial charge in [-0.2, -0.15) is 0 Å². The first-order valence-corrected chi connectivity index (χ1v) is 9.56. The number of allylic oxidation sites excluding steroid dienone is 1. The maximum Gasteiger partial charge on any atom is 0.344 e. The predicted molar refractivity (Wildman–Crippen MR) is 112 cm³/mol. The summed E-state index contributed by atoms with van der Waals surface area (Å²) < 4.78 is 32.2. The van der Waals surface area contributed by atoms with Gasteiger partial charge in [0.2, 0.25) is 11.5 Å². The van der Waals surface area contributed by atoms with E-state index in [2.05, 4.69) is 0 Å². The molecular weight excluding hydrogens is 404 g/mol. The fourth-order valence-corrected chi connectivity index (χ4v) is 3.03. The molecule has 0 spiro atoms. The van der Waals surface area contributed by atoms with Crippen molar-refractivity contribution in [3.8, 4) is 28.7 Å². The van der Waals surface area contributed by atoms with E-state index in [1.54, 1.807) is 50.3 Å². The van der Waals surface area contributed by atoms with E-state index in [9.17, 15) is 9.59 Å². The van der Waals surface area contributed by atoms with E-state index in [0.29, 0.717) is 39.9 Å². The van der Waals surface area contributed by atoms with Crippen molar-refractivity contribution in [2.24, 2.45) is 0 Å². The number of methoxy groups -OCH3 is 3. The average Bonchev–Trinajstić information content (AvgIpc) is 3.05. The van der Waals surface area contributed by atoms with Crippen LogP contribution in [0.2, 0.25) is 0 Å². The van der Waals surface area contributed by atoms with Crippen molar-refractivity contribution in [3.63, 3.8) is 0 Å². The summed E-state index contributed by atoms with van der Waals surface area (Å²) in [5, 5.41) is 0. The summed E-state index contributed by atoms with van der Waals surface area (Å²) in [4.78, 5) is 24.4. The molecule has 0 atom stereocenters. The number of benzene rings is 2. The van der Waals surface area contributed by atoms with Crippen molar-refractivity contribution >= 4 is 17.8 Å². The van der Waals surface area contributed by atoms with Crippen LogP contribution in [0.4, 0.5) is 0 Å². The number of hydrogen-bond donors (Lipinski definition) is 0. The summed E-state index contributed by atoms with van der Waals surface area (Å²) in [6.07, 6.45) is 1.37. The van der Waals surface area contributed by atoms with E-state index in [1.165, 1.54) is 21.3 Å². The van der Waals surface area contributed by atoms with Gasteiger partial charge in [0.15, 0.2) is 23.9 Å². The molecule has 0 radical (unpaired) electrons. The highest BCUT2D eigenvalue weighted by Crippen LogP contribution is 2.40. The molecule has 0 unspecified atom stereocenters. The summed E-state index contributed by atoms with van der Waals surface area (Å²) in [6.45, 7) is 3.28. The lowest BCUT2D eigenvalue weighted by Crippen LogP contribution is -2.18. The molecule has 2 aromatic carbocycles. The van der Waals surface area contributed by atoms with Crippen molar-refractivity contribution in [1.82, 2.24) is 0 Å². The van der Waals surface area contributed by atoms with Crippen LogP contribution in [-0.2, 0) is 9.53 Å². The van der Waals surface area contributed by atoms with Crippen LogP contribution in [0.15, 0.2) is 36.1 Å². The smallest absolute Gasteiger partial charge is 0.344 e. The molecule has 0 bridgehead atoms. The number of rotatable bonds is 8. The third kappa shape index (κ3) is 4.91. The SMILES string of the molecule is COc1cc(C=C2Oc3cc(OCC(=O)OC(C)C)ccc3C2=O)cc(OC)c1OC. The second kappa shape index (κ2) is 9.42. The summed E-state index contributed by atoms with van der Waals surface area (Å²) in [7, 11) is 4.54. The van der Waals surface area contributed by atoms with Gasteiger partial charge >= 0.3 is 5.97 Å². The number of hydrogen-bond acceptors (Lipinski definition) is 8. The molecule has 3 rings (SSSR count). The minimum atomic E-state index is -0.476. The van der Waals surface area contributed by atoms with Crippen molar-refractivity contribution in [1.29, 1.82) is 0 Å². The Hall–Kier alpha value is -3.68. The van der Waals surface area contributed by atoms with E-state index >= 15 is 0 Å². The molecule has 1 heterocycles.